The van der Waals surface area contributed by atoms with Crippen LogP contribution in [0.4, 0.5) is 0 Å². The molecule has 1 saturated heterocycles. The number of aryl methyl sites for hydroxylation is 1. The summed E-state index contributed by atoms with van der Waals surface area (Å²) in [4.78, 5) is 4.88. The number of piperidine rings is 1. The largest absolute Gasteiger partial charge is 0.387 e. The van der Waals surface area contributed by atoms with Crippen molar-refractivity contribution in [1.82, 2.24) is 9.80 Å². The van der Waals surface area contributed by atoms with E-state index >= 15 is 0 Å². The summed E-state index contributed by atoms with van der Waals surface area (Å²) in [5.41, 5.74) is 2.49. The summed E-state index contributed by atoms with van der Waals surface area (Å²) in [6, 6.07) is 9.32. The van der Waals surface area contributed by atoms with Gasteiger partial charge in [-0.25, -0.2) is 0 Å². The lowest BCUT2D eigenvalue weighted by molar-refractivity contribution is 0.0193. The van der Waals surface area contributed by atoms with E-state index in [1.54, 1.807) is 0 Å². The third-order valence-corrected chi connectivity index (χ3v) is 5.47. The molecule has 21 heavy (non-hydrogen) atoms. The lowest BCUT2D eigenvalue weighted by Gasteiger charge is -2.41. The van der Waals surface area contributed by atoms with Crippen molar-refractivity contribution in [3.8, 4) is 0 Å². The number of hydrogen-bond acceptors (Lipinski definition) is 3. The van der Waals surface area contributed by atoms with E-state index in [9.17, 15) is 5.11 Å². The third-order valence-electron chi connectivity index (χ3n) is 5.47. The number of hydrogen-bond donors (Lipinski definition) is 1. The summed E-state index contributed by atoms with van der Waals surface area (Å²) in [5, 5.41) is 10.9. The van der Waals surface area contributed by atoms with Crippen LogP contribution in [-0.4, -0.2) is 54.2 Å². The lowest BCUT2D eigenvalue weighted by atomic mass is 9.95. The fourth-order valence-corrected chi connectivity index (χ4v) is 4.02. The molecule has 2 aliphatic rings. The molecule has 1 fully saturated rings. The minimum absolute atomic E-state index is 0.266. The Morgan fingerprint density at radius 3 is 2.62 bits per heavy atom. The number of fused-ring (bicyclic) bond motifs is 1. The van der Waals surface area contributed by atoms with Crippen LogP contribution in [0.2, 0.25) is 0 Å². The second kappa shape index (κ2) is 6.47. The van der Waals surface area contributed by atoms with E-state index in [1.165, 1.54) is 37.9 Å². The van der Waals surface area contributed by atoms with Crippen molar-refractivity contribution in [2.75, 3.05) is 27.2 Å². The van der Waals surface area contributed by atoms with E-state index in [1.807, 2.05) is 0 Å². The second-order valence-corrected chi connectivity index (χ2v) is 6.80. The zero-order valence-electron chi connectivity index (χ0n) is 13.3. The summed E-state index contributed by atoms with van der Waals surface area (Å²) in [6.45, 7) is 2.35. The fraction of sp³-hybridized carbons (Fsp3) is 0.667. The molecule has 0 bridgehead atoms. The van der Waals surface area contributed by atoms with Gasteiger partial charge in [0, 0.05) is 12.1 Å². The average molecular weight is 288 g/mol. The SMILES string of the molecule is CN1CCC(N(C)C2CCCc3ccccc3C2O)CC1. The van der Waals surface area contributed by atoms with Crippen molar-refractivity contribution < 1.29 is 5.11 Å². The first kappa shape index (κ1) is 15.0. The van der Waals surface area contributed by atoms with Crippen molar-refractivity contribution in [2.45, 2.75) is 50.3 Å². The van der Waals surface area contributed by atoms with Gasteiger partial charge in [-0.05, 0) is 70.4 Å². The van der Waals surface area contributed by atoms with Gasteiger partial charge in [0.05, 0.1) is 6.10 Å². The molecule has 0 spiro atoms. The van der Waals surface area contributed by atoms with Gasteiger partial charge in [0.1, 0.15) is 0 Å². The van der Waals surface area contributed by atoms with Crippen LogP contribution in [0, 0.1) is 0 Å². The molecule has 2 atom stereocenters. The maximum absolute atomic E-state index is 10.9. The van der Waals surface area contributed by atoms with Crippen molar-refractivity contribution >= 4 is 0 Å². The Kier molecular flexibility index (Phi) is 4.63. The molecule has 1 aromatic rings. The highest BCUT2D eigenvalue weighted by atomic mass is 16.3. The monoisotopic (exact) mass is 288 g/mol. The molecule has 0 aromatic heterocycles. The molecule has 0 saturated carbocycles. The van der Waals surface area contributed by atoms with Gasteiger partial charge in [0.2, 0.25) is 0 Å². The minimum Gasteiger partial charge on any atom is -0.387 e. The van der Waals surface area contributed by atoms with Crippen molar-refractivity contribution in [3.05, 3.63) is 35.4 Å². The van der Waals surface area contributed by atoms with Gasteiger partial charge in [0.25, 0.3) is 0 Å². The summed E-state index contributed by atoms with van der Waals surface area (Å²) in [7, 11) is 4.42. The Morgan fingerprint density at radius 2 is 1.86 bits per heavy atom. The van der Waals surface area contributed by atoms with Gasteiger partial charge in [0.15, 0.2) is 0 Å². The van der Waals surface area contributed by atoms with Crippen LogP contribution < -0.4 is 0 Å². The summed E-state index contributed by atoms with van der Waals surface area (Å²) in [6.07, 6.45) is 5.48. The van der Waals surface area contributed by atoms with Gasteiger partial charge in [-0.15, -0.1) is 0 Å². The summed E-state index contributed by atoms with van der Waals surface area (Å²) < 4.78 is 0. The number of likely N-dealkylation sites (tertiary alicyclic amines) is 1. The topological polar surface area (TPSA) is 26.7 Å². The molecular formula is C18H28N2O. The van der Waals surface area contributed by atoms with E-state index in [-0.39, 0.29) is 12.1 Å². The predicted molar refractivity (Wildman–Crippen MR) is 86.4 cm³/mol. The van der Waals surface area contributed by atoms with Crippen LogP contribution >= 0.6 is 0 Å². The molecule has 0 amide bonds. The Morgan fingerprint density at radius 1 is 1.14 bits per heavy atom. The first-order valence-electron chi connectivity index (χ1n) is 8.33. The third kappa shape index (κ3) is 3.15. The van der Waals surface area contributed by atoms with E-state index < -0.39 is 0 Å². The molecular weight excluding hydrogens is 260 g/mol. The first-order valence-corrected chi connectivity index (χ1v) is 8.33. The average Bonchev–Trinajstić information content (AvgIpc) is 2.67. The van der Waals surface area contributed by atoms with Crippen molar-refractivity contribution in [3.63, 3.8) is 0 Å². The Balaban J connectivity index is 1.75. The lowest BCUT2D eigenvalue weighted by Crippen LogP contribution is -2.48. The highest BCUT2D eigenvalue weighted by Crippen LogP contribution is 2.33. The van der Waals surface area contributed by atoms with Gasteiger partial charge in [-0.3, -0.25) is 4.90 Å². The van der Waals surface area contributed by atoms with Gasteiger partial charge in [-0.1, -0.05) is 24.3 Å². The van der Waals surface area contributed by atoms with Gasteiger partial charge < -0.3 is 10.0 Å². The van der Waals surface area contributed by atoms with Crippen LogP contribution in [0.15, 0.2) is 24.3 Å². The van der Waals surface area contributed by atoms with Crippen LogP contribution in [0.3, 0.4) is 0 Å². The van der Waals surface area contributed by atoms with Gasteiger partial charge in [-0.2, -0.15) is 0 Å². The van der Waals surface area contributed by atoms with E-state index in [2.05, 4.69) is 48.2 Å². The molecule has 2 unspecified atom stereocenters. The molecule has 3 nitrogen and oxygen atoms in total. The zero-order chi connectivity index (χ0) is 14.8. The van der Waals surface area contributed by atoms with Crippen LogP contribution in [0.1, 0.15) is 42.9 Å². The molecule has 1 heterocycles. The normalized spacial score (nSPS) is 28.4. The highest BCUT2D eigenvalue weighted by molar-refractivity contribution is 5.31. The second-order valence-electron chi connectivity index (χ2n) is 6.80. The summed E-state index contributed by atoms with van der Waals surface area (Å²) >= 11 is 0. The van der Waals surface area contributed by atoms with Crippen LogP contribution in [0.5, 0.6) is 0 Å². The Bertz CT molecular complexity index is 468. The Labute approximate surface area is 128 Å². The fourth-order valence-electron chi connectivity index (χ4n) is 4.02. The molecule has 1 aromatic carbocycles. The maximum atomic E-state index is 10.9. The smallest absolute Gasteiger partial charge is 0.0947 e. The standard InChI is InChI=1S/C18H28N2O/c1-19-12-10-15(11-13-19)20(2)17-9-5-7-14-6-3-4-8-16(14)18(17)21/h3-4,6,8,15,17-18,21H,5,7,9-13H2,1-2H3. The quantitative estimate of drug-likeness (QED) is 0.847. The summed E-state index contributed by atoms with van der Waals surface area (Å²) in [5.74, 6) is 0. The number of benzene rings is 1. The predicted octanol–water partition coefficient (Wildman–Crippen LogP) is 2.45. The first-order chi connectivity index (χ1) is 10.2. The maximum Gasteiger partial charge on any atom is 0.0947 e. The number of aliphatic hydroxyl groups is 1. The van der Waals surface area contributed by atoms with Gasteiger partial charge >= 0.3 is 0 Å². The van der Waals surface area contributed by atoms with Crippen molar-refractivity contribution in [2.24, 2.45) is 0 Å². The van der Waals surface area contributed by atoms with E-state index in [4.69, 9.17) is 0 Å². The zero-order valence-corrected chi connectivity index (χ0v) is 13.3. The Hall–Kier alpha value is -0.900. The van der Waals surface area contributed by atoms with Crippen molar-refractivity contribution in [1.29, 1.82) is 0 Å². The molecule has 1 aliphatic carbocycles. The van der Waals surface area contributed by atoms with Crippen LogP contribution in [0.25, 0.3) is 0 Å². The van der Waals surface area contributed by atoms with E-state index in [0.717, 1.165) is 18.4 Å². The number of aliphatic hydroxyl groups excluding tert-OH is 1. The minimum atomic E-state index is -0.339. The highest BCUT2D eigenvalue weighted by Gasteiger charge is 2.33. The molecule has 3 rings (SSSR count). The molecule has 0 radical (unpaired) electrons. The molecule has 3 heteroatoms. The van der Waals surface area contributed by atoms with E-state index in [0.29, 0.717) is 6.04 Å². The van der Waals surface area contributed by atoms with Crippen LogP contribution in [-0.2, 0) is 6.42 Å². The number of likely N-dealkylation sites (N-methyl/N-ethyl adjacent to an activating group) is 1. The molecule has 1 aliphatic heterocycles. The molecule has 1 N–H and O–H groups in total. The molecule has 116 valence electrons. The number of rotatable bonds is 2. The number of nitrogens with zero attached hydrogens (tertiary/aromatic N) is 2.